The van der Waals surface area contributed by atoms with Crippen molar-refractivity contribution in [3.05, 3.63) is 36.0 Å². The van der Waals surface area contributed by atoms with Crippen LogP contribution in [0.5, 0.6) is 0 Å². The lowest BCUT2D eigenvalue weighted by Gasteiger charge is -2.11. The first-order chi connectivity index (χ1) is 9.86. The van der Waals surface area contributed by atoms with Crippen molar-refractivity contribution >= 4 is 16.6 Å². The number of methoxy groups -OCH3 is 1. The SMILES string of the molecule is COCCNCCNc1c(C#N)cnc2ccccc12. The van der Waals surface area contributed by atoms with Crippen LogP contribution >= 0.6 is 0 Å². The number of rotatable bonds is 7. The summed E-state index contributed by atoms with van der Waals surface area (Å²) in [6.07, 6.45) is 1.61. The molecule has 5 heteroatoms. The third-order valence-corrected chi connectivity index (χ3v) is 2.98. The van der Waals surface area contributed by atoms with E-state index in [1.807, 2.05) is 24.3 Å². The Hall–Kier alpha value is -2.16. The molecule has 0 saturated heterocycles. The number of nitrogens with zero attached hydrogens (tertiary/aromatic N) is 2. The van der Waals surface area contributed by atoms with E-state index in [9.17, 15) is 5.26 Å². The number of fused-ring (bicyclic) bond motifs is 1. The van der Waals surface area contributed by atoms with Crippen molar-refractivity contribution in [1.29, 1.82) is 5.26 Å². The molecule has 0 aliphatic rings. The average molecular weight is 270 g/mol. The van der Waals surface area contributed by atoms with E-state index < -0.39 is 0 Å². The third-order valence-electron chi connectivity index (χ3n) is 2.98. The van der Waals surface area contributed by atoms with E-state index in [-0.39, 0.29) is 0 Å². The van der Waals surface area contributed by atoms with Crippen molar-refractivity contribution in [3.8, 4) is 6.07 Å². The van der Waals surface area contributed by atoms with Gasteiger partial charge in [0.2, 0.25) is 0 Å². The third kappa shape index (κ3) is 3.44. The summed E-state index contributed by atoms with van der Waals surface area (Å²) >= 11 is 0. The molecule has 0 spiro atoms. The number of anilines is 1. The molecule has 2 aromatic rings. The van der Waals surface area contributed by atoms with E-state index in [1.54, 1.807) is 13.3 Å². The minimum Gasteiger partial charge on any atom is -0.383 e. The van der Waals surface area contributed by atoms with Gasteiger partial charge in [-0.1, -0.05) is 18.2 Å². The van der Waals surface area contributed by atoms with Gasteiger partial charge >= 0.3 is 0 Å². The number of pyridine rings is 1. The molecule has 1 aromatic heterocycles. The second kappa shape index (κ2) is 7.43. The Morgan fingerprint density at radius 2 is 2.10 bits per heavy atom. The van der Waals surface area contributed by atoms with Crippen LogP contribution < -0.4 is 10.6 Å². The van der Waals surface area contributed by atoms with E-state index >= 15 is 0 Å². The molecule has 1 aromatic carbocycles. The first-order valence-electron chi connectivity index (χ1n) is 6.58. The highest BCUT2D eigenvalue weighted by molar-refractivity contribution is 5.93. The highest BCUT2D eigenvalue weighted by Gasteiger charge is 2.07. The molecule has 0 bridgehead atoms. The minimum absolute atomic E-state index is 0.570. The molecule has 0 saturated carbocycles. The van der Waals surface area contributed by atoms with Crippen molar-refractivity contribution < 1.29 is 4.74 Å². The monoisotopic (exact) mass is 270 g/mol. The maximum Gasteiger partial charge on any atom is 0.103 e. The molecule has 0 radical (unpaired) electrons. The number of hydrogen-bond donors (Lipinski definition) is 2. The Bertz CT molecular complexity index is 606. The zero-order chi connectivity index (χ0) is 14.2. The second-order valence-electron chi connectivity index (χ2n) is 4.35. The van der Waals surface area contributed by atoms with E-state index in [0.29, 0.717) is 12.2 Å². The van der Waals surface area contributed by atoms with Gasteiger partial charge in [0.25, 0.3) is 0 Å². The summed E-state index contributed by atoms with van der Waals surface area (Å²) in [5, 5.41) is 16.7. The summed E-state index contributed by atoms with van der Waals surface area (Å²) < 4.78 is 4.97. The van der Waals surface area contributed by atoms with Gasteiger partial charge in [-0.25, -0.2) is 0 Å². The smallest absolute Gasteiger partial charge is 0.103 e. The zero-order valence-electron chi connectivity index (χ0n) is 11.5. The molecule has 2 N–H and O–H groups in total. The fraction of sp³-hybridized carbons (Fsp3) is 0.333. The number of nitriles is 1. The molecular weight excluding hydrogens is 252 g/mol. The molecule has 0 atom stereocenters. The lowest BCUT2D eigenvalue weighted by atomic mass is 10.1. The Balaban J connectivity index is 2.06. The molecule has 0 aliphatic heterocycles. The average Bonchev–Trinajstić information content (AvgIpc) is 2.50. The Labute approximate surface area is 118 Å². The predicted molar refractivity (Wildman–Crippen MR) is 79.7 cm³/mol. The van der Waals surface area contributed by atoms with Crippen LogP contribution in [-0.2, 0) is 4.74 Å². The summed E-state index contributed by atoms with van der Waals surface area (Å²) in [6.45, 7) is 3.07. The van der Waals surface area contributed by atoms with Gasteiger partial charge in [-0.2, -0.15) is 5.26 Å². The lowest BCUT2D eigenvalue weighted by molar-refractivity contribution is 0.200. The molecule has 0 fully saturated rings. The predicted octanol–water partition coefficient (Wildman–Crippen LogP) is 1.75. The fourth-order valence-corrected chi connectivity index (χ4v) is 1.99. The maximum absolute atomic E-state index is 9.19. The summed E-state index contributed by atoms with van der Waals surface area (Å²) in [5.74, 6) is 0. The lowest BCUT2D eigenvalue weighted by Crippen LogP contribution is -2.25. The topological polar surface area (TPSA) is 70.0 Å². The number of nitrogens with one attached hydrogen (secondary N) is 2. The normalized spacial score (nSPS) is 10.4. The highest BCUT2D eigenvalue weighted by atomic mass is 16.5. The van der Waals surface area contributed by atoms with Gasteiger partial charge in [0.05, 0.1) is 23.4 Å². The molecular formula is C15H18N4O. The highest BCUT2D eigenvalue weighted by Crippen LogP contribution is 2.24. The molecule has 0 amide bonds. The number of benzene rings is 1. The van der Waals surface area contributed by atoms with Gasteiger partial charge < -0.3 is 15.4 Å². The van der Waals surface area contributed by atoms with Crippen molar-refractivity contribution in [2.75, 3.05) is 38.7 Å². The quantitative estimate of drug-likeness (QED) is 0.750. The van der Waals surface area contributed by atoms with Crippen molar-refractivity contribution in [2.24, 2.45) is 0 Å². The number of para-hydroxylation sites is 1. The van der Waals surface area contributed by atoms with Gasteiger partial charge in [-0.05, 0) is 6.07 Å². The van der Waals surface area contributed by atoms with Crippen LogP contribution in [0.3, 0.4) is 0 Å². The van der Waals surface area contributed by atoms with Crippen LogP contribution in [0.25, 0.3) is 10.9 Å². The van der Waals surface area contributed by atoms with Crippen LogP contribution in [0.2, 0.25) is 0 Å². The first-order valence-corrected chi connectivity index (χ1v) is 6.58. The largest absolute Gasteiger partial charge is 0.383 e. The molecule has 2 rings (SSSR count). The standard InChI is InChI=1S/C15H18N4O/c1-20-9-8-17-6-7-18-15-12(10-16)11-19-14-5-3-2-4-13(14)15/h2-5,11,17H,6-9H2,1H3,(H,18,19). The van der Waals surface area contributed by atoms with Crippen LogP contribution in [-0.4, -0.2) is 38.3 Å². The maximum atomic E-state index is 9.19. The molecule has 5 nitrogen and oxygen atoms in total. The molecule has 20 heavy (non-hydrogen) atoms. The molecule has 1 heterocycles. The van der Waals surface area contributed by atoms with Crippen molar-refractivity contribution in [3.63, 3.8) is 0 Å². The van der Waals surface area contributed by atoms with E-state index in [2.05, 4.69) is 21.7 Å². The van der Waals surface area contributed by atoms with Gasteiger partial charge in [0, 0.05) is 38.3 Å². The van der Waals surface area contributed by atoms with Crippen LogP contribution in [0, 0.1) is 11.3 Å². The summed E-state index contributed by atoms with van der Waals surface area (Å²) in [5.41, 5.74) is 2.31. The summed E-state index contributed by atoms with van der Waals surface area (Å²) in [7, 11) is 1.68. The molecule has 104 valence electrons. The number of hydrogen-bond acceptors (Lipinski definition) is 5. The van der Waals surface area contributed by atoms with Gasteiger partial charge in [0.1, 0.15) is 6.07 Å². The Morgan fingerprint density at radius 1 is 1.25 bits per heavy atom. The minimum atomic E-state index is 0.570. The van der Waals surface area contributed by atoms with Crippen molar-refractivity contribution in [2.45, 2.75) is 0 Å². The van der Waals surface area contributed by atoms with E-state index in [1.165, 1.54) is 0 Å². The second-order valence-corrected chi connectivity index (χ2v) is 4.35. The van der Waals surface area contributed by atoms with Gasteiger partial charge in [-0.15, -0.1) is 0 Å². The summed E-state index contributed by atoms with van der Waals surface area (Å²) in [4.78, 5) is 4.29. The van der Waals surface area contributed by atoms with Crippen LogP contribution in [0.4, 0.5) is 5.69 Å². The van der Waals surface area contributed by atoms with E-state index in [4.69, 9.17) is 4.74 Å². The number of aromatic nitrogens is 1. The van der Waals surface area contributed by atoms with Crippen LogP contribution in [0.15, 0.2) is 30.5 Å². The van der Waals surface area contributed by atoms with Gasteiger partial charge in [-0.3, -0.25) is 4.98 Å². The molecule has 0 unspecified atom stereocenters. The Morgan fingerprint density at radius 3 is 2.90 bits per heavy atom. The van der Waals surface area contributed by atoms with Crippen LogP contribution in [0.1, 0.15) is 5.56 Å². The summed E-state index contributed by atoms with van der Waals surface area (Å²) in [6, 6.07) is 10.00. The molecule has 0 aliphatic carbocycles. The van der Waals surface area contributed by atoms with E-state index in [0.717, 1.165) is 36.2 Å². The van der Waals surface area contributed by atoms with Gasteiger partial charge in [0.15, 0.2) is 0 Å². The zero-order valence-corrected chi connectivity index (χ0v) is 11.5. The first kappa shape index (κ1) is 14.3. The van der Waals surface area contributed by atoms with Crippen molar-refractivity contribution in [1.82, 2.24) is 10.3 Å². The fourth-order valence-electron chi connectivity index (χ4n) is 1.99. The number of ether oxygens (including phenoxy) is 1. The Kier molecular flexibility index (Phi) is 5.30.